The Morgan fingerprint density at radius 2 is 1.61 bits per heavy atom. The fourth-order valence-electron chi connectivity index (χ4n) is 2.88. The van der Waals surface area contributed by atoms with E-state index in [2.05, 4.69) is 28.2 Å². The number of carbonyl (C=O) groups excluding carboxylic acids is 2. The van der Waals surface area contributed by atoms with E-state index in [9.17, 15) is 9.59 Å². The van der Waals surface area contributed by atoms with E-state index in [1.165, 1.54) is 5.56 Å². The number of ketones is 1. The van der Waals surface area contributed by atoms with E-state index in [1.807, 2.05) is 24.3 Å². The summed E-state index contributed by atoms with van der Waals surface area (Å²) in [4.78, 5) is 25.5. The van der Waals surface area contributed by atoms with Gasteiger partial charge in [0.1, 0.15) is 0 Å². The lowest BCUT2D eigenvalue weighted by Crippen LogP contribution is -2.17. The molecule has 0 saturated carbocycles. The molecule has 1 amide bonds. The van der Waals surface area contributed by atoms with E-state index in [0.29, 0.717) is 21.8 Å². The molecule has 0 aliphatic heterocycles. The molecule has 28 heavy (non-hydrogen) atoms. The minimum atomic E-state index is -0.241. The summed E-state index contributed by atoms with van der Waals surface area (Å²) in [6.07, 6.45) is 1.19. The quantitative estimate of drug-likeness (QED) is 0.457. The molecule has 0 unspecified atom stereocenters. The molecule has 3 nitrogen and oxygen atoms in total. The van der Waals surface area contributed by atoms with Crippen LogP contribution < -0.4 is 5.32 Å². The van der Waals surface area contributed by atoms with E-state index in [0.717, 1.165) is 16.5 Å². The number of benzene rings is 3. The molecular weight excluding hydrogens is 438 g/mol. The summed E-state index contributed by atoms with van der Waals surface area (Å²) in [5.74, 6) is -0.422. The molecule has 0 fully saturated rings. The fourth-order valence-corrected chi connectivity index (χ4v) is 3.46. The van der Waals surface area contributed by atoms with Crippen LogP contribution in [0.2, 0.25) is 5.02 Å². The summed E-state index contributed by atoms with van der Waals surface area (Å²) >= 11 is 9.57. The average Bonchev–Trinajstić information content (AvgIpc) is 2.70. The summed E-state index contributed by atoms with van der Waals surface area (Å²) in [5.41, 5.74) is 3.39. The third-order valence-corrected chi connectivity index (χ3v) is 5.24. The van der Waals surface area contributed by atoms with Crippen LogP contribution in [0.1, 0.15) is 34.0 Å². The highest BCUT2D eigenvalue weighted by molar-refractivity contribution is 9.10. The predicted octanol–water partition coefficient (Wildman–Crippen LogP) is 6.08. The third kappa shape index (κ3) is 4.89. The first-order chi connectivity index (χ1) is 13.5. The summed E-state index contributed by atoms with van der Waals surface area (Å²) in [7, 11) is 0. The molecule has 142 valence electrons. The Bertz CT molecular complexity index is 1020. The zero-order valence-corrected chi connectivity index (χ0v) is 17.7. The van der Waals surface area contributed by atoms with E-state index in [4.69, 9.17) is 11.6 Å². The molecule has 3 aromatic carbocycles. The summed E-state index contributed by atoms with van der Waals surface area (Å²) < 4.78 is 0.746. The molecule has 0 bridgehead atoms. The molecule has 3 rings (SSSR count). The van der Waals surface area contributed by atoms with Gasteiger partial charge in [-0.1, -0.05) is 70.9 Å². The number of aryl methyl sites for hydroxylation is 1. The van der Waals surface area contributed by atoms with Crippen molar-refractivity contribution in [2.24, 2.45) is 0 Å². The SMILES string of the molecule is CCc1ccc(CC(=O)Nc2ccc(Br)cc2C(=O)c2ccccc2Cl)cc1. The lowest BCUT2D eigenvalue weighted by Gasteiger charge is -2.12. The van der Waals surface area contributed by atoms with Crippen LogP contribution in [0, 0.1) is 0 Å². The summed E-state index contributed by atoms with van der Waals surface area (Å²) in [5, 5.41) is 3.24. The van der Waals surface area contributed by atoms with Crippen molar-refractivity contribution in [2.75, 3.05) is 5.32 Å². The molecule has 5 heteroatoms. The van der Waals surface area contributed by atoms with Gasteiger partial charge in [-0.3, -0.25) is 9.59 Å². The number of rotatable bonds is 6. The second kappa shape index (κ2) is 9.18. The standard InChI is InChI=1S/C23H19BrClNO2/c1-2-15-7-9-16(10-8-15)13-22(27)26-21-12-11-17(24)14-19(21)23(28)18-5-3-4-6-20(18)25/h3-12,14H,2,13H2,1H3,(H,26,27). The number of halogens is 2. The zero-order chi connectivity index (χ0) is 20.1. The van der Waals surface area contributed by atoms with Crippen molar-refractivity contribution in [3.8, 4) is 0 Å². The maximum Gasteiger partial charge on any atom is 0.228 e. The molecule has 0 aliphatic carbocycles. The van der Waals surface area contributed by atoms with Gasteiger partial charge < -0.3 is 5.32 Å². The summed E-state index contributed by atoms with van der Waals surface area (Å²) in [6.45, 7) is 2.09. The van der Waals surface area contributed by atoms with Crippen molar-refractivity contribution < 1.29 is 9.59 Å². The van der Waals surface area contributed by atoms with Gasteiger partial charge in [-0.2, -0.15) is 0 Å². The molecule has 0 aromatic heterocycles. The van der Waals surface area contributed by atoms with Gasteiger partial charge >= 0.3 is 0 Å². The fraction of sp³-hybridized carbons (Fsp3) is 0.130. The van der Waals surface area contributed by atoms with Gasteiger partial charge in [-0.25, -0.2) is 0 Å². The number of hydrogen-bond donors (Lipinski definition) is 1. The number of carbonyl (C=O) groups is 2. The highest BCUT2D eigenvalue weighted by Crippen LogP contribution is 2.27. The van der Waals surface area contributed by atoms with Crippen LogP contribution >= 0.6 is 27.5 Å². The van der Waals surface area contributed by atoms with Crippen LogP contribution in [0.15, 0.2) is 71.2 Å². The zero-order valence-electron chi connectivity index (χ0n) is 15.3. The summed E-state index contributed by atoms with van der Waals surface area (Å²) in [6, 6.07) is 20.0. The van der Waals surface area contributed by atoms with Crippen molar-refractivity contribution >= 4 is 44.9 Å². The molecule has 0 aliphatic rings. The Labute approximate surface area is 177 Å². The van der Waals surface area contributed by atoms with Gasteiger partial charge in [-0.05, 0) is 47.9 Å². The molecule has 0 heterocycles. The highest BCUT2D eigenvalue weighted by atomic mass is 79.9. The minimum absolute atomic E-state index is 0.181. The Hall–Kier alpha value is -2.43. The largest absolute Gasteiger partial charge is 0.325 e. The van der Waals surface area contributed by atoms with E-state index < -0.39 is 0 Å². The molecule has 0 atom stereocenters. The molecule has 0 saturated heterocycles. The van der Waals surface area contributed by atoms with Crippen molar-refractivity contribution in [3.63, 3.8) is 0 Å². The molecular formula is C23H19BrClNO2. The lowest BCUT2D eigenvalue weighted by molar-refractivity contribution is -0.115. The monoisotopic (exact) mass is 455 g/mol. The maximum absolute atomic E-state index is 13.0. The van der Waals surface area contributed by atoms with E-state index in [1.54, 1.807) is 42.5 Å². The van der Waals surface area contributed by atoms with Crippen molar-refractivity contribution in [3.05, 3.63) is 98.5 Å². The highest BCUT2D eigenvalue weighted by Gasteiger charge is 2.18. The van der Waals surface area contributed by atoms with Crippen LogP contribution in [0.25, 0.3) is 0 Å². The third-order valence-electron chi connectivity index (χ3n) is 4.41. The smallest absolute Gasteiger partial charge is 0.228 e. The van der Waals surface area contributed by atoms with Gasteiger partial charge in [0.2, 0.25) is 5.91 Å². The lowest BCUT2D eigenvalue weighted by atomic mass is 10.0. The van der Waals surface area contributed by atoms with Crippen molar-refractivity contribution in [1.82, 2.24) is 0 Å². The number of nitrogens with one attached hydrogen (secondary N) is 1. The minimum Gasteiger partial charge on any atom is -0.325 e. The second-order valence-electron chi connectivity index (χ2n) is 6.39. The van der Waals surface area contributed by atoms with Gasteiger partial charge in [0.15, 0.2) is 5.78 Å². The van der Waals surface area contributed by atoms with E-state index in [-0.39, 0.29) is 18.1 Å². The van der Waals surface area contributed by atoms with Gasteiger partial charge in [-0.15, -0.1) is 0 Å². The van der Waals surface area contributed by atoms with Crippen LogP contribution in [0.5, 0.6) is 0 Å². The van der Waals surface area contributed by atoms with Gasteiger partial charge in [0.05, 0.1) is 17.1 Å². The van der Waals surface area contributed by atoms with Crippen molar-refractivity contribution in [2.45, 2.75) is 19.8 Å². The second-order valence-corrected chi connectivity index (χ2v) is 7.72. The van der Waals surface area contributed by atoms with Gasteiger partial charge in [0, 0.05) is 15.6 Å². The predicted molar refractivity (Wildman–Crippen MR) is 117 cm³/mol. The van der Waals surface area contributed by atoms with E-state index >= 15 is 0 Å². The molecule has 0 radical (unpaired) electrons. The van der Waals surface area contributed by atoms with Crippen LogP contribution in [0.4, 0.5) is 5.69 Å². The first kappa shape index (κ1) is 20.3. The number of amides is 1. The Morgan fingerprint density at radius 3 is 2.29 bits per heavy atom. The Morgan fingerprint density at radius 1 is 0.929 bits per heavy atom. The Balaban J connectivity index is 1.83. The Kier molecular flexibility index (Phi) is 6.65. The van der Waals surface area contributed by atoms with Crippen molar-refractivity contribution in [1.29, 1.82) is 0 Å². The molecule has 0 spiro atoms. The first-order valence-electron chi connectivity index (χ1n) is 8.94. The van der Waals surface area contributed by atoms with Crippen LogP contribution in [-0.4, -0.2) is 11.7 Å². The number of anilines is 1. The average molecular weight is 457 g/mol. The maximum atomic E-state index is 13.0. The number of hydrogen-bond acceptors (Lipinski definition) is 2. The van der Waals surface area contributed by atoms with Crippen LogP contribution in [-0.2, 0) is 17.6 Å². The topological polar surface area (TPSA) is 46.2 Å². The van der Waals surface area contributed by atoms with Crippen LogP contribution in [0.3, 0.4) is 0 Å². The molecule has 1 N–H and O–H groups in total. The normalized spacial score (nSPS) is 10.5. The molecule has 3 aromatic rings. The first-order valence-corrected chi connectivity index (χ1v) is 10.1. The van der Waals surface area contributed by atoms with Gasteiger partial charge in [0.25, 0.3) is 0 Å².